The lowest BCUT2D eigenvalue weighted by Crippen LogP contribution is -2.30. The van der Waals surface area contributed by atoms with Crippen LogP contribution >= 0.6 is 11.6 Å². The predicted octanol–water partition coefficient (Wildman–Crippen LogP) is 3.28. The van der Waals surface area contributed by atoms with Crippen molar-refractivity contribution in [2.75, 3.05) is 13.2 Å². The fraction of sp³-hybridized carbons (Fsp3) is 0.333. The number of nitrogens with one attached hydrogen (secondary N) is 1. The lowest BCUT2D eigenvalue weighted by atomic mass is 10.0. The summed E-state index contributed by atoms with van der Waals surface area (Å²) in [4.78, 5) is 24.5. The number of halogens is 1. The van der Waals surface area contributed by atoms with Crippen LogP contribution in [0, 0.1) is 12.3 Å². The van der Waals surface area contributed by atoms with E-state index in [0.717, 1.165) is 0 Å². The maximum Gasteiger partial charge on any atom is 0.252 e. The first-order chi connectivity index (χ1) is 14.0. The summed E-state index contributed by atoms with van der Waals surface area (Å²) >= 11 is 6.05. The first-order valence-electron chi connectivity index (χ1n) is 9.26. The van der Waals surface area contributed by atoms with Crippen LogP contribution in [0.1, 0.15) is 29.6 Å². The van der Waals surface area contributed by atoms with Gasteiger partial charge in [-0.1, -0.05) is 23.7 Å². The molecule has 8 heteroatoms. The van der Waals surface area contributed by atoms with Crippen LogP contribution in [0.2, 0.25) is 5.02 Å². The van der Waals surface area contributed by atoms with Gasteiger partial charge in [-0.25, -0.2) is 0 Å². The van der Waals surface area contributed by atoms with E-state index in [2.05, 4.69) is 21.5 Å². The van der Waals surface area contributed by atoms with Crippen molar-refractivity contribution in [3.05, 3.63) is 63.5 Å². The smallest absolute Gasteiger partial charge is 0.252 e. The topological polar surface area (TPSA) is 85.0 Å². The van der Waals surface area contributed by atoms with Gasteiger partial charge in [-0.2, -0.15) is 10.2 Å². The van der Waals surface area contributed by atoms with Crippen LogP contribution in [0.4, 0.5) is 0 Å². The Hall–Kier alpha value is -3.11. The number of rotatable bonds is 10. The molecule has 0 fully saturated rings. The summed E-state index contributed by atoms with van der Waals surface area (Å²) in [5, 5.41) is 11.4. The van der Waals surface area contributed by atoms with Crippen molar-refractivity contribution in [2.45, 2.75) is 31.5 Å². The molecule has 3 rings (SSSR count). The molecule has 0 radical (unpaired) electrons. The Labute approximate surface area is 173 Å². The molecule has 0 bridgehead atoms. The van der Waals surface area contributed by atoms with Crippen molar-refractivity contribution in [3.63, 3.8) is 0 Å². The number of pyridine rings is 1. The predicted molar refractivity (Wildman–Crippen MR) is 110 cm³/mol. The summed E-state index contributed by atoms with van der Waals surface area (Å²) < 4.78 is 7.05. The molecule has 1 N–H and O–H groups in total. The number of terminal acetylenes is 1. The molecule has 0 aliphatic carbocycles. The van der Waals surface area contributed by atoms with E-state index >= 15 is 0 Å². The number of nitrogens with zero attached hydrogens (tertiary/aromatic N) is 3. The number of amides is 1. The molecular weight excluding hydrogens is 392 g/mol. The zero-order valence-corrected chi connectivity index (χ0v) is 16.6. The molecule has 7 nitrogen and oxygen atoms in total. The van der Waals surface area contributed by atoms with Gasteiger partial charge in [-0.3, -0.25) is 9.59 Å². The number of hydrogen-bond acceptors (Lipinski definition) is 5. The maximum absolute atomic E-state index is 12.4. The van der Waals surface area contributed by atoms with Crippen molar-refractivity contribution in [3.8, 4) is 18.1 Å². The summed E-state index contributed by atoms with van der Waals surface area (Å²) in [6.07, 6.45) is 8.69. The van der Waals surface area contributed by atoms with Gasteiger partial charge in [0.15, 0.2) is 5.66 Å². The van der Waals surface area contributed by atoms with Gasteiger partial charge in [0.05, 0.1) is 17.1 Å². The number of carbonyl (C=O) groups is 1. The minimum absolute atomic E-state index is 0.215. The molecule has 29 heavy (non-hydrogen) atoms. The lowest BCUT2D eigenvalue weighted by molar-refractivity contribution is 0.0951. The highest BCUT2D eigenvalue weighted by Crippen LogP contribution is 2.36. The molecule has 1 aromatic carbocycles. The highest BCUT2D eigenvalue weighted by atomic mass is 35.5. The number of para-hydroxylation sites is 1. The number of ether oxygens (including phenoxy) is 1. The number of hydrogen-bond donors (Lipinski definition) is 1. The minimum Gasteiger partial charge on any atom is -0.490 e. The van der Waals surface area contributed by atoms with Gasteiger partial charge in [-0.05, 0) is 18.2 Å². The van der Waals surface area contributed by atoms with Crippen LogP contribution in [-0.4, -0.2) is 29.3 Å². The van der Waals surface area contributed by atoms with Gasteiger partial charge < -0.3 is 14.6 Å². The molecule has 2 heterocycles. The quantitative estimate of drug-likeness (QED) is 0.608. The zero-order valence-electron chi connectivity index (χ0n) is 15.8. The molecule has 2 aromatic rings. The van der Waals surface area contributed by atoms with Crippen LogP contribution in [0.25, 0.3) is 0 Å². The number of carbonyl (C=O) groups excluding carboxylic acids is 1. The second-order valence-electron chi connectivity index (χ2n) is 6.62. The Morgan fingerprint density at radius 3 is 2.76 bits per heavy atom. The first kappa shape index (κ1) is 20.6. The number of aromatic nitrogens is 1. The van der Waals surface area contributed by atoms with Crippen molar-refractivity contribution < 1.29 is 9.53 Å². The van der Waals surface area contributed by atoms with E-state index < -0.39 is 5.66 Å². The van der Waals surface area contributed by atoms with Gasteiger partial charge in [0, 0.05) is 38.1 Å². The van der Waals surface area contributed by atoms with Crippen LogP contribution in [0.3, 0.4) is 0 Å². The van der Waals surface area contributed by atoms with Gasteiger partial charge in [0.1, 0.15) is 12.4 Å². The minimum atomic E-state index is -0.436. The maximum atomic E-state index is 12.4. The van der Waals surface area contributed by atoms with Crippen LogP contribution < -0.4 is 15.6 Å². The Morgan fingerprint density at radius 2 is 2.03 bits per heavy atom. The normalized spacial score (nSPS) is 13.5. The average Bonchev–Trinajstić information content (AvgIpc) is 3.49. The fourth-order valence-corrected chi connectivity index (χ4v) is 2.99. The van der Waals surface area contributed by atoms with E-state index in [-0.39, 0.29) is 24.6 Å². The molecule has 0 atom stereocenters. The van der Waals surface area contributed by atoms with Gasteiger partial charge in [0.2, 0.25) is 0 Å². The summed E-state index contributed by atoms with van der Waals surface area (Å²) in [5.41, 5.74) is -0.257. The summed E-state index contributed by atoms with van der Waals surface area (Å²) in [5.74, 6) is 2.86. The van der Waals surface area contributed by atoms with E-state index in [1.165, 1.54) is 22.9 Å². The first-order valence-corrected chi connectivity index (χ1v) is 9.64. The highest BCUT2D eigenvalue weighted by Gasteiger charge is 2.38. The average molecular weight is 413 g/mol. The van der Waals surface area contributed by atoms with E-state index in [1.54, 1.807) is 12.1 Å². The molecule has 0 saturated heterocycles. The van der Waals surface area contributed by atoms with Crippen molar-refractivity contribution in [1.29, 1.82) is 0 Å². The standard InChI is InChI=1S/C21H21ClN4O3/c1-2-3-10-21(24-25-21)11-12-23-20(28)16-8-9-19(27)26(15-16)13-14-29-18-7-5-4-6-17(18)22/h1,4-9,15H,3,10-14H2,(H,23,28). The monoisotopic (exact) mass is 412 g/mol. The molecular formula is C21H21ClN4O3. The molecule has 1 aliphatic rings. The van der Waals surface area contributed by atoms with Crippen LogP contribution in [0.15, 0.2) is 57.6 Å². The SMILES string of the molecule is C#CCCC1(CCNC(=O)c2ccc(=O)n(CCOc3ccccc3Cl)c2)N=N1. The molecule has 1 amide bonds. The van der Waals surface area contributed by atoms with E-state index in [9.17, 15) is 9.59 Å². The largest absolute Gasteiger partial charge is 0.490 e. The second kappa shape index (κ2) is 9.39. The molecule has 0 unspecified atom stereocenters. The van der Waals surface area contributed by atoms with Crippen LogP contribution in [-0.2, 0) is 6.54 Å². The van der Waals surface area contributed by atoms with E-state index in [1.807, 2.05) is 12.1 Å². The Balaban J connectivity index is 1.51. The van der Waals surface area contributed by atoms with Gasteiger partial charge in [-0.15, -0.1) is 12.3 Å². The van der Waals surface area contributed by atoms with Crippen molar-refractivity contribution >= 4 is 17.5 Å². The Kier molecular flexibility index (Phi) is 6.68. The lowest BCUT2D eigenvalue weighted by Gasteiger charge is -2.12. The summed E-state index contributed by atoms with van der Waals surface area (Å²) in [6.45, 7) is 0.957. The molecule has 1 aliphatic heterocycles. The van der Waals surface area contributed by atoms with Crippen molar-refractivity contribution in [2.24, 2.45) is 10.2 Å². The van der Waals surface area contributed by atoms with Crippen LogP contribution in [0.5, 0.6) is 5.75 Å². The third-order valence-electron chi connectivity index (χ3n) is 4.54. The van der Waals surface area contributed by atoms with Gasteiger partial charge in [0.25, 0.3) is 11.5 Å². The number of benzene rings is 1. The highest BCUT2D eigenvalue weighted by molar-refractivity contribution is 6.32. The second-order valence-corrected chi connectivity index (χ2v) is 7.03. The molecule has 1 aromatic heterocycles. The van der Waals surface area contributed by atoms with Gasteiger partial charge >= 0.3 is 0 Å². The van der Waals surface area contributed by atoms with Crippen molar-refractivity contribution in [1.82, 2.24) is 9.88 Å². The third-order valence-corrected chi connectivity index (χ3v) is 4.85. The molecule has 0 spiro atoms. The summed E-state index contributed by atoms with van der Waals surface area (Å²) in [7, 11) is 0. The molecule has 0 saturated carbocycles. The molecule has 150 valence electrons. The van der Waals surface area contributed by atoms with E-state index in [4.69, 9.17) is 22.8 Å². The Morgan fingerprint density at radius 1 is 1.24 bits per heavy atom. The van der Waals surface area contributed by atoms with E-state index in [0.29, 0.717) is 42.1 Å². The zero-order chi connectivity index (χ0) is 20.7. The fourth-order valence-electron chi connectivity index (χ4n) is 2.80. The Bertz CT molecular complexity index is 1000. The summed E-state index contributed by atoms with van der Waals surface area (Å²) in [6, 6.07) is 9.98. The third kappa shape index (κ3) is 5.69.